The van der Waals surface area contributed by atoms with Gasteiger partial charge in [-0.3, -0.25) is 4.99 Å². The van der Waals surface area contributed by atoms with E-state index in [1.165, 1.54) is 10.4 Å². The van der Waals surface area contributed by atoms with Crippen molar-refractivity contribution < 1.29 is 4.74 Å². The van der Waals surface area contributed by atoms with E-state index >= 15 is 0 Å². The monoisotopic (exact) mass is 455 g/mol. The number of nitrogens with one attached hydrogen (secondary N) is 1. The highest BCUT2D eigenvalue weighted by atomic mass is 127. The summed E-state index contributed by atoms with van der Waals surface area (Å²) in [5.74, 6) is 3.73. The van der Waals surface area contributed by atoms with Gasteiger partial charge in [-0.1, -0.05) is 24.1 Å². The van der Waals surface area contributed by atoms with Gasteiger partial charge in [0.25, 0.3) is 0 Å². The molecule has 6 heteroatoms. The van der Waals surface area contributed by atoms with Crippen LogP contribution in [0.25, 0.3) is 0 Å². The number of guanidine groups is 1. The summed E-state index contributed by atoms with van der Waals surface area (Å²) in [7, 11) is 0. The lowest BCUT2D eigenvalue weighted by atomic mass is 10.1. The maximum Gasteiger partial charge on any atom is 0.188 e. The second kappa shape index (κ2) is 11.8. The zero-order valence-electron chi connectivity index (χ0n) is 13.4. The standard InChI is InChI=1S/C18H21N3OS.HI/c1-2-13-22-16-7-5-15(6-8-16)9-11-20-18(19)21-12-10-17-4-3-14-23-17;/h1,3-8,14H,9-13H2,(H3,19,20,21);1H. The van der Waals surface area contributed by atoms with Crippen LogP contribution < -0.4 is 15.8 Å². The van der Waals surface area contributed by atoms with Crippen LogP contribution >= 0.6 is 35.3 Å². The van der Waals surface area contributed by atoms with Crippen LogP contribution in [0.1, 0.15) is 10.4 Å². The van der Waals surface area contributed by atoms with Gasteiger partial charge in [-0.2, -0.15) is 0 Å². The number of aliphatic imine (C=N–C) groups is 1. The topological polar surface area (TPSA) is 59.6 Å². The Hall–Kier alpha value is -1.72. The number of benzene rings is 1. The quantitative estimate of drug-likeness (QED) is 0.279. The maximum absolute atomic E-state index is 5.86. The highest BCUT2D eigenvalue weighted by Crippen LogP contribution is 2.12. The third kappa shape index (κ3) is 7.70. The fourth-order valence-electron chi connectivity index (χ4n) is 2.01. The van der Waals surface area contributed by atoms with Crippen LogP contribution in [0.15, 0.2) is 46.8 Å². The van der Waals surface area contributed by atoms with Gasteiger partial charge in [0.1, 0.15) is 12.4 Å². The number of nitrogens with two attached hydrogens (primary N) is 1. The summed E-state index contributed by atoms with van der Waals surface area (Å²) in [5, 5.41) is 5.21. The van der Waals surface area contributed by atoms with Gasteiger partial charge in [-0.15, -0.1) is 41.7 Å². The fraction of sp³-hybridized carbons (Fsp3) is 0.278. The van der Waals surface area contributed by atoms with Crippen LogP contribution in [0.5, 0.6) is 5.75 Å². The molecule has 1 aromatic heterocycles. The highest BCUT2D eigenvalue weighted by Gasteiger charge is 1.97. The molecular weight excluding hydrogens is 433 g/mol. The first kappa shape index (κ1) is 20.3. The molecule has 2 aromatic rings. The van der Waals surface area contributed by atoms with Gasteiger partial charge in [0.05, 0.1) is 0 Å². The largest absolute Gasteiger partial charge is 0.481 e. The first-order valence-corrected chi connectivity index (χ1v) is 8.37. The Morgan fingerprint density at radius 2 is 2.04 bits per heavy atom. The van der Waals surface area contributed by atoms with Gasteiger partial charge in [0.15, 0.2) is 5.96 Å². The van der Waals surface area contributed by atoms with Crippen molar-refractivity contribution >= 4 is 41.3 Å². The van der Waals surface area contributed by atoms with Gasteiger partial charge >= 0.3 is 0 Å². The fourth-order valence-corrected chi connectivity index (χ4v) is 2.71. The Morgan fingerprint density at radius 1 is 1.25 bits per heavy atom. The van der Waals surface area contributed by atoms with E-state index in [1.54, 1.807) is 11.3 Å². The summed E-state index contributed by atoms with van der Waals surface area (Å²) < 4.78 is 5.34. The molecule has 3 N–H and O–H groups in total. The van der Waals surface area contributed by atoms with Crippen LogP contribution in [-0.2, 0) is 12.8 Å². The molecule has 1 heterocycles. The van der Waals surface area contributed by atoms with Crippen LogP contribution in [0.4, 0.5) is 0 Å². The molecule has 0 fully saturated rings. The Kier molecular flexibility index (Phi) is 9.96. The number of hydrogen-bond donors (Lipinski definition) is 2. The Morgan fingerprint density at radius 3 is 2.71 bits per heavy atom. The average molecular weight is 455 g/mol. The molecule has 0 amide bonds. The second-order valence-electron chi connectivity index (χ2n) is 4.91. The SMILES string of the molecule is C#CCOc1ccc(CCNC(N)=NCCc2cccs2)cc1.I. The first-order chi connectivity index (χ1) is 11.3. The third-order valence-electron chi connectivity index (χ3n) is 3.19. The van der Waals surface area contributed by atoms with E-state index in [9.17, 15) is 0 Å². The minimum atomic E-state index is 0. The molecule has 2 rings (SSSR count). The lowest BCUT2D eigenvalue weighted by Gasteiger charge is -2.07. The van der Waals surface area contributed by atoms with Crippen molar-refractivity contribution in [1.82, 2.24) is 5.32 Å². The summed E-state index contributed by atoms with van der Waals surface area (Å²) >= 11 is 1.74. The molecule has 0 aliphatic heterocycles. The Bertz CT molecular complexity index is 648. The minimum Gasteiger partial charge on any atom is -0.481 e. The number of thiophene rings is 1. The number of ether oxygens (including phenoxy) is 1. The van der Waals surface area contributed by atoms with Crippen molar-refractivity contribution in [3.05, 3.63) is 52.2 Å². The smallest absolute Gasteiger partial charge is 0.188 e. The molecule has 1 aromatic carbocycles. The lowest BCUT2D eigenvalue weighted by molar-refractivity contribution is 0.370. The zero-order chi connectivity index (χ0) is 16.3. The summed E-state index contributed by atoms with van der Waals surface area (Å²) in [6, 6.07) is 12.1. The number of rotatable bonds is 8. The number of terminal acetylenes is 1. The molecule has 0 saturated carbocycles. The normalized spacial score (nSPS) is 10.5. The van der Waals surface area contributed by atoms with E-state index in [0.717, 1.165) is 25.1 Å². The van der Waals surface area contributed by atoms with E-state index in [1.807, 2.05) is 30.3 Å². The summed E-state index contributed by atoms with van der Waals surface area (Å²) in [4.78, 5) is 5.66. The van der Waals surface area contributed by atoms with Gasteiger partial charge in [0.2, 0.25) is 0 Å². The van der Waals surface area contributed by atoms with Crippen LogP contribution in [0.2, 0.25) is 0 Å². The van der Waals surface area contributed by atoms with Gasteiger partial charge in [0, 0.05) is 24.4 Å². The number of nitrogens with zero attached hydrogens (tertiary/aromatic N) is 1. The van der Waals surface area contributed by atoms with Crippen molar-refractivity contribution in [3.63, 3.8) is 0 Å². The zero-order valence-corrected chi connectivity index (χ0v) is 16.6. The molecule has 0 spiro atoms. The number of hydrogen-bond acceptors (Lipinski definition) is 3. The summed E-state index contributed by atoms with van der Waals surface area (Å²) in [6.45, 7) is 1.75. The van der Waals surface area contributed by atoms with E-state index in [2.05, 4.69) is 27.7 Å². The predicted molar refractivity (Wildman–Crippen MR) is 112 cm³/mol. The molecule has 0 unspecified atom stereocenters. The van der Waals surface area contributed by atoms with E-state index in [-0.39, 0.29) is 24.0 Å². The predicted octanol–water partition coefficient (Wildman–Crippen LogP) is 3.07. The molecule has 24 heavy (non-hydrogen) atoms. The van der Waals surface area contributed by atoms with Crippen molar-refractivity contribution in [1.29, 1.82) is 0 Å². The molecular formula is C18H22IN3OS. The summed E-state index contributed by atoms with van der Waals surface area (Å²) in [6.07, 6.45) is 6.96. The van der Waals surface area contributed by atoms with E-state index < -0.39 is 0 Å². The van der Waals surface area contributed by atoms with Gasteiger partial charge in [-0.25, -0.2) is 0 Å². The molecule has 0 saturated heterocycles. The van der Waals surface area contributed by atoms with Crippen molar-refractivity contribution in [2.45, 2.75) is 12.8 Å². The summed E-state index contributed by atoms with van der Waals surface area (Å²) in [5.41, 5.74) is 7.07. The molecule has 128 valence electrons. The Balaban J connectivity index is 0.00000288. The van der Waals surface area contributed by atoms with Crippen LogP contribution in [-0.4, -0.2) is 25.7 Å². The molecule has 0 bridgehead atoms. The molecule has 0 aliphatic carbocycles. The third-order valence-corrected chi connectivity index (χ3v) is 4.12. The van der Waals surface area contributed by atoms with Gasteiger partial charge < -0.3 is 15.8 Å². The molecule has 4 nitrogen and oxygen atoms in total. The van der Waals surface area contributed by atoms with E-state index in [4.69, 9.17) is 16.9 Å². The van der Waals surface area contributed by atoms with E-state index in [0.29, 0.717) is 19.1 Å². The second-order valence-corrected chi connectivity index (χ2v) is 5.94. The molecule has 0 atom stereocenters. The lowest BCUT2D eigenvalue weighted by Crippen LogP contribution is -2.33. The number of halogens is 1. The average Bonchev–Trinajstić information content (AvgIpc) is 3.07. The minimum absolute atomic E-state index is 0. The van der Waals surface area contributed by atoms with Crippen molar-refractivity contribution in [3.8, 4) is 18.1 Å². The highest BCUT2D eigenvalue weighted by molar-refractivity contribution is 14.0. The van der Waals surface area contributed by atoms with Crippen LogP contribution in [0, 0.1) is 12.3 Å². The van der Waals surface area contributed by atoms with Crippen molar-refractivity contribution in [2.75, 3.05) is 19.7 Å². The Labute approximate surface area is 164 Å². The molecule has 0 radical (unpaired) electrons. The molecule has 0 aliphatic rings. The van der Waals surface area contributed by atoms with Crippen molar-refractivity contribution in [2.24, 2.45) is 10.7 Å². The first-order valence-electron chi connectivity index (χ1n) is 7.49. The van der Waals surface area contributed by atoms with Gasteiger partial charge in [-0.05, 0) is 35.6 Å². The van der Waals surface area contributed by atoms with Crippen LogP contribution in [0.3, 0.4) is 0 Å². The maximum atomic E-state index is 5.86.